The van der Waals surface area contributed by atoms with Crippen molar-refractivity contribution in [1.29, 1.82) is 0 Å². The Hall–Kier alpha value is -4.26. The third-order valence-electron chi connectivity index (χ3n) is 4.94. The lowest BCUT2D eigenvalue weighted by Gasteiger charge is -2.30. The largest absolute Gasteiger partial charge is 0.467 e. The second kappa shape index (κ2) is 10.2. The van der Waals surface area contributed by atoms with E-state index in [9.17, 15) is 9.59 Å². The van der Waals surface area contributed by atoms with Gasteiger partial charge in [0, 0.05) is 25.1 Å². The highest BCUT2D eigenvalue weighted by molar-refractivity contribution is 5.96. The fourth-order valence-electron chi connectivity index (χ4n) is 3.39. The summed E-state index contributed by atoms with van der Waals surface area (Å²) in [6.45, 7) is 0.446. The molecule has 2 amide bonds. The molecule has 0 aliphatic heterocycles. The molecule has 0 fully saturated rings. The van der Waals surface area contributed by atoms with Crippen molar-refractivity contribution in [2.75, 3.05) is 0 Å². The Morgan fingerprint density at radius 3 is 2.38 bits per heavy atom. The van der Waals surface area contributed by atoms with Crippen molar-refractivity contribution < 1.29 is 14.0 Å². The molecule has 0 bridgehead atoms. The molecule has 3 heterocycles. The van der Waals surface area contributed by atoms with Crippen LogP contribution in [0.5, 0.6) is 0 Å². The zero-order chi connectivity index (χ0) is 22.2. The first-order valence-corrected chi connectivity index (χ1v) is 10.2. The van der Waals surface area contributed by atoms with Crippen molar-refractivity contribution >= 4 is 11.8 Å². The molecular weight excluding hydrogens is 404 g/mol. The first-order valence-electron chi connectivity index (χ1n) is 10.2. The lowest BCUT2D eigenvalue weighted by atomic mass is 10.0. The standard InChI is InChI=1S/C25H22N4O3/c30-24(28-17-19-7-2-1-3-8-19)23(20-11-14-26-15-12-20)29(18-21-9-6-16-32-21)25(31)22-10-4-5-13-27-22/h1-16,23H,17-18H2,(H,28,30)/t23-/m0/s1. The molecule has 1 atom stereocenters. The number of benzene rings is 1. The molecule has 4 aromatic rings. The van der Waals surface area contributed by atoms with Gasteiger partial charge in [0.15, 0.2) is 0 Å². The SMILES string of the molecule is O=C(NCc1ccccc1)[C@H](c1ccncc1)N(Cc1ccco1)C(=O)c1ccccn1. The van der Waals surface area contributed by atoms with Gasteiger partial charge in [0.2, 0.25) is 5.91 Å². The average molecular weight is 426 g/mol. The monoisotopic (exact) mass is 426 g/mol. The van der Waals surface area contributed by atoms with Gasteiger partial charge in [-0.25, -0.2) is 0 Å². The van der Waals surface area contributed by atoms with E-state index in [0.29, 0.717) is 17.9 Å². The Bertz CT molecular complexity index is 1130. The van der Waals surface area contributed by atoms with E-state index in [4.69, 9.17) is 4.42 Å². The van der Waals surface area contributed by atoms with Crippen molar-refractivity contribution in [3.05, 3.63) is 120 Å². The molecule has 3 aromatic heterocycles. The number of nitrogens with zero attached hydrogens (tertiary/aromatic N) is 3. The van der Waals surface area contributed by atoms with Crippen LogP contribution in [0.1, 0.15) is 33.4 Å². The van der Waals surface area contributed by atoms with E-state index in [0.717, 1.165) is 5.56 Å². The normalized spacial score (nSPS) is 11.5. The van der Waals surface area contributed by atoms with E-state index in [1.165, 1.54) is 11.2 Å². The van der Waals surface area contributed by atoms with Crippen LogP contribution in [0.3, 0.4) is 0 Å². The highest BCUT2D eigenvalue weighted by Crippen LogP contribution is 2.25. The van der Waals surface area contributed by atoms with Gasteiger partial charge >= 0.3 is 0 Å². The molecular formula is C25H22N4O3. The Morgan fingerprint density at radius 1 is 0.906 bits per heavy atom. The van der Waals surface area contributed by atoms with Crippen LogP contribution in [-0.4, -0.2) is 26.7 Å². The third kappa shape index (κ3) is 5.07. The van der Waals surface area contributed by atoms with E-state index in [1.807, 2.05) is 30.3 Å². The van der Waals surface area contributed by atoms with Crippen LogP contribution in [0.15, 0.2) is 102 Å². The van der Waals surface area contributed by atoms with Crippen LogP contribution in [0.2, 0.25) is 0 Å². The van der Waals surface area contributed by atoms with Crippen LogP contribution in [0.25, 0.3) is 0 Å². The van der Waals surface area contributed by atoms with Crippen molar-refractivity contribution in [3.8, 4) is 0 Å². The van der Waals surface area contributed by atoms with Crippen molar-refractivity contribution in [1.82, 2.24) is 20.2 Å². The zero-order valence-corrected chi connectivity index (χ0v) is 17.3. The summed E-state index contributed by atoms with van der Waals surface area (Å²) in [5.41, 5.74) is 1.85. The molecule has 0 saturated heterocycles. The zero-order valence-electron chi connectivity index (χ0n) is 17.3. The fraction of sp³-hybridized carbons (Fsp3) is 0.120. The van der Waals surface area contributed by atoms with Gasteiger partial charge in [-0.3, -0.25) is 19.6 Å². The van der Waals surface area contributed by atoms with Crippen LogP contribution in [0.4, 0.5) is 0 Å². The first-order chi connectivity index (χ1) is 15.7. The highest BCUT2D eigenvalue weighted by atomic mass is 16.3. The summed E-state index contributed by atoms with van der Waals surface area (Å²) < 4.78 is 5.49. The summed E-state index contributed by atoms with van der Waals surface area (Å²) in [5.74, 6) is -0.126. The number of rotatable bonds is 8. The van der Waals surface area contributed by atoms with Gasteiger partial charge in [0.05, 0.1) is 12.8 Å². The van der Waals surface area contributed by atoms with Crippen LogP contribution >= 0.6 is 0 Å². The molecule has 7 nitrogen and oxygen atoms in total. The maximum atomic E-state index is 13.5. The number of hydrogen-bond acceptors (Lipinski definition) is 5. The van der Waals surface area contributed by atoms with Gasteiger partial charge in [-0.2, -0.15) is 0 Å². The lowest BCUT2D eigenvalue weighted by molar-refractivity contribution is -0.126. The summed E-state index contributed by atoms with van der Waals surface area (Å²) in [4.78, 5) is 36.7. The molecule has 0 saturated carbocycles. The molecule has 32 heavy (non-hydrogen) atoms. The Balaban J connectivity index is 1.68. The van der Waals surface area contributed by atoms with E-state index in [1.54, 1.807) is 61.1 Å². The molecule has 160 valence electrons. The predicted molar refractivity (Wildman–Crippen MR) is 118 cm³/mol. The summed E-state index contributed by atoms with van der Waals surface area (Å²) in [6.07, 6.45) is 6.29. The van der Waals surface area contributed by atoms with E-state index >= 15 is 0 Å². The minimum atomic E-state index is -0.902. The second-order valence-corrected chi connectivity index (χ2v) is 7.11. The summed E-state index contributed by atoms with van der Waals surface area (Å²) >= 11 is 0. The Labute approximate surface area is 185 Å². The molecule has 0 spiro atoms. The number of carbonyl (C=O) groups is 2. The molecule has 4 rings (SSSR count). The number of hydrogen-bond donors (Lipinski definition) is 1. The molecule has 0 aliphatic rings. The van der Waals surface area contributed by atoms with Crippen molar-refractivity contribution in [2.24, 2.45) is 0 Å². The lowest BCUT2D eigenvalue weighted by Crippen LogP contribution is -2.43. The summed E-state index contributed by atoms with van der Waals surface area (Å²) in [7, 11) is 0. The van der Waals surface area contributed by atoms with E-state index in [2.05, 4.69) is 15.3 Å². The minimum Gasteiger partial charge on any atom is -0.467 e. The van der Waals surface area contributed by atoms with Crippen molar-refractivity contribution in [2.45, 2.75) is 19.1 Å². The first kappa shape index (κ1) is 21.0. The van der Waals surface area contributed by atoms with Crippen molar-refractivity contribution in [3.63, 3.8) is 0 Å². The molecule has 1 aromatic carbocycles. The molecule has 0 aliphatic carbocycles. The van der Waals surface area contributed by atoms with E-state index in [-0.39, 0.29) is 24.1 Å². The van der Waals surface area contributed by atoms with Gasteiger partial charge in [0.25, 0.3) is 5.91 Å². The number of aromatic nitrogens is 2. The minimum absolute atomic E-state index is 0.105. The molecule has 0 radical (unpaired) electrons. The highest BCUT2D eigenvalue weighted by Gasteiger charge is 2.33. The maximum Gasteiger partial charge on any atom is 0.273 e. The smallest absolute Gasteiger partial charge is 0.273 e. The van der Waals surface area contributed by atoms with Gasteiger partial charge in [-0.05, 0) is 47.5 Å². The molecule has 1 N–H and O–H groups in total. The van der Waals surface area contributed by atoms with E-state index < -0.39 is 6.04 Å². The molecule has 7 heteroatoms. The van der Waals surface area contributed by atoms with Crippen LogP contribution in [-0.2, 0) is 17.9 Å². The summed E-state index contributed by atoms with van der Waals surface area (Å²) in [5, 5.41) is 2.96. The van der Waals surface area contributed by atoms with Gasteiger partial charge < -0.3 is 14.6 Å². The number of pyridine rings is 2. The number of carbonyl (C=O) groups excluding carboxylic acids is 2. The maximum absolute atomic E-state index is 13.5. The average Bonchev–Trinajstić information content (AvgIpc) is 3.37. The third-order valence-corrected chi connectivity index (χ3v) is 4.94. The van der Waals surface area contributed by atoms with Crippen LogP contribution < -0.4 is 5.32 Å². The second-order valence-electron chi connectivity index (χ2n) is 7.11. The number of nitrogens with one attached hydrogen (secondary N) is 1. The number of amides is 2. The molecule has 0 unspecified atom stereocenters. The summed E-state index contributed by atoms with van der Waals surface area (Å²) in [6, 6.07) is 20.8. The Kier molecular flexibility index (Phi) is 6.67. The van der Waals surface area contributed by atoms with Gasteiger partial charge in [-0.15, -0.1) is 0 Å². The van der Waals surface area contributed by atoms with Crippen LogP contribution in [0, 0.1) is 0 Å². The fourth-order valence-corrected chi connectivity index (χ4v) is 3.39. The Morgan fingerprint density at radius 2 is 1.69 bits per heavy atom. The van der Waals surface area contributed by atoms with Gasteiger partial charge in [0.1, 0.15) is 17.5 Å². The van der Waals surface area contributed by atoms with Gasteiger partial charge in [-0.1, -0.05) is 36.4 Å². The quantitative estimate of drug-likeness (QED) is 0.463. The predicted octanol–water partition coefficient (Wildman–Crippen LogP) is 3.77. The number of furan rings is 1. The topological polar surface area (TPSA) is 88.3 Å².